The Morgan fingerprint density at radius 2 is 1.80 bits per heavy atom. The number of nitro benzene ring substituents is 1. The first-order chi connectivity index (χ1) is 18.8. The van der Waals surface area contributed by atoms with Crippen LogP contribution >= 0.6 is 47.2 Å². The second kappa shape index (κ2) is 11.7. The molecule has 0 spiro atoms. The van der Waals surface area contributed by atoms with E-state index in [4.69, 9.17) is 40.2 Å². The SMILES string of the molecule is O=C(Nc1ccc(Cl)c(Cl)c1)NN1C(=O)/C(=C\c2ccccc2Oc2ccc(C(F)(F)F)cc2[N+](=O)[O-])SC1=S. The van der Waals surface area contributed by atoms with Gasteiger partial charge in [-0.3, -0.25) is 14.9 Å². The number of para-hydroxylation sites is 1. The molecule has 0 bridgehead atoms. The minimum atomic E-state index is -4.79. The highest BCUT2D eigenvalue weighted by Gasteiger charge is 2.35. The molecule has 206 valence electrons. The second-order valence-corrected chi connectivity index (χ2v) is 10.3. The molecule has 0 unspecified atom stereocenters. The molecule has 0 atom stereocenters. The van der Waals surface area contributed by atoms with E-state index in [9.17, 15) is 32.9 Å². The zero-order chi connectivity index (χ0) is 29.2. The zero-order valence-electron chi connectivity index (χ0n) is 19.5. The number of rotatable bonds is 6. The molecule has 40 heavy (non-hydrogen) atoms. The lowest BCUT2D eigenvalue weighted by molar-refractivity contribution is -0.385. The third kappa shape index (κ3) is 6.65. The molecule has 0 radical (unpaired) electrons. The lowest BCUT2D eigenvalue weighted by Gasteiger charge is -2.16. The van der Waals surface area contributed by atoms with Gasteiger partial charge in [-0.15, -0.1) is 0 Å². The number of thiocarbonyl (C=S) groups is 1. The number of alkyl halides is 3. The highest BCUT2D eigenvalue weighted by molar-refractivity contribution is 8.26. The molecule has 4 rings (SSSR count). The maximum atomic E-state index is 13.0. The van der Waals surface area contributed by atoms with Crippen LogP contribution in [-0.2, 0) is 11.0 Å². The number of hydrogen-bond acceptors (Lipinski definition) is 7. The van der Waals surface area contributed by atoms with Crippen LogP contribution in [0.25, 0.3) is 6.08 Å². The number of carbonyl (C=O) groups excluding carboxylic acids is 2. The third-order valence-electron chi connectivity index (χ3n) is 5.09. The van der Waals surface area contributed by atoms with Crippen molar-refractivity contribution < 1.29 is 32.4 Å². The normalized spacial score (nSPS) is 14.4. The molecular formula is C24H13Cl2F3N4O5S2. The number of ether oxygens (including phenoxy) is 1. The van der Waals surface area contributed by atoms with Gasteiger partial charge in [0.1, 0.15) is 5.75 Å². The molecule has 1 aliphatic heterocycles. The molecule has 1 saturated heterocycles. The Bertz CT molecular complexity index is 1590. The van der Waals surface area contributed by atoms with Crippen molar-refractivity contribution in [3.63, 3.8) is 0 Å². The molecule has 3 aromatic rings. The predicted molar refractivity (Wildman–Crippen MR) is 148 cm³/mol. The van der Waals surface area contributed by atoms with E-state index in [0.29, 0.717) is 17.8 Å². The van der Waals surface area contributed by atoms with Gasteiger partial charge in [0.15, 0.2) is 4.32 Å². The van der Waals surface area contributed by atoms with E-state index >= 15 is 0 Å². The summed E-state index contributed by atoms with van der Waals surface area (Å²) in [7, 11) is 0. The number of nitrogens with one attached hydrogen (secondary N) is 2. The van der Waals surface area contributed by atoms with Crippen LogP contribution in [0.5, 0.6) is 11.5 Å². The van der Waals surface area contributed by atoms with E-state index in [1.807, 2.05) is 0 Å². The van der Waals surface area contributed by atoms with E-state index < -0.39 is 40.0 Å². The smallest absolute Gasteiger partial charge is 0.416 e. The van der Waals surface area contributed by atoms with Gasteiger partial charge in [-0.2, -0.15) is 18.2 Å². The summed E-state index contributed by atoms with van der Waals surface area (Å²) < 4.78 is 44.7. The lowest BCUT2D eigenvalue weighted by Crippen LogP contribution is -2.46. The average Bonchev–Trinajstić information content (AvgIpc) is 3.14. The molecule has 3 amide bonds. The summed E-state index contributed by atoms with van der Waals surface area (Å²) in [6.07, 6.45) is -3.42. The molecule has 2 N–H and O–H groups in total. The maximum absolute atomic E-state index is 13.0. The summed E-state index contributed by atoms with van der Waals surface area (Å²) in [6, 6.07) is 11.5. The molecule has 3 aromatic carbocycles. The number of carbonyl (C=O) groups is 2. The van der Waals surface area contributed by atoms with Crippen LogP contribution in [-0.4, -0.2) is 26.2 Å². The van der Waals surface area contributed by atoms with Gasteiger partial charge >= 0.3 is 17.9 Å². The Balaban J connectivity index is 1.54. The zero-order valence-corrected chi connectivity index (χ0v) is 22.6. The van der Waals surface area contributed by atoms with Crippen LogP contribution in [0.15, 0.2) is 65.6 Å². The summed E-state index contributed by atoms with van der Waals surface area (Å²) >= 11 is 17.9. The molecular weight excluding hydrogens is 616 g/mol. The van der Waals surface area contributed by atoms with Gasteiger partial charge in [-0.05, 0) is 54.7 Å². The highest BCUT2D eigenvalue weighted by Crippen LogP contribution is 2.40. The number of nitrogens with zero attached hydrogens (tertiary/aromatic N) is 2. The standard InChI is InChI=1S/C24H13Cl2F3N4O5S2/c25-15-7-6-14(11-16(15)26)30-22(35)31-32-21(34)20(40-23(32)39)9-12-3-1-2-4-18(12)38-19-8-5-13(24(27,28)29)10-17(19)33(36)37/h1-11H,(H2,30,31,35)/b20-9+. The van der Waals surface area contributed by atoms with Crippen LogP contribution in [0, 0.1) is 10.1 Å². The van der Waals surface area contributed by atoms with Gasteiger partial charge in [0.25, 0.3) is 5.91 Å². The highest BCUT2D eigenvalue weighted by atomic mass is 35.5. The monoisotopic (exact) mass is 628 g/mol. The first-order valence-electron chi connectivity index (χ1n) is 10.8. The summed E-state index contributed by atoms with van der Waals surface area (Å²) in [4.78, 5) is 35.9. The van der Waals surface area contributed by atoms with Gasteiger partial charge < -0.3 is 10.1 Å². The third-order valence-corrected chi connectivity index (χ3v) is 7.13. The van der Waals surface area contributed by atoms with E-state index in [1.165, 1.54) is 42.5 Å². The van der Waals surface area contributed by atoms with Crippen molar-refractivity contribution in [3.05, 3.63) is 96.9 Å². The van der Waals surface area contributed by atoms with E-state index in [-0.39, 0.29) is 30.6 Å². The second-order valence-electron chi connectivity index (χ2n) is 7.79. The van der Waals surface area contributed by atoms with Crippen molar-refractivity contribution in [1.82, 2.24) is 10.4 Å². The first kappa shape index (κ1) is 29.1. The fourth-order valence-corrected chi connectivity index (χ4v) is 4.74. The van der Waals surface area contributed by atoms with Crippen LogP contribution < -0.4 is 15.5 Å². The van der Waals surface area contributed by atoms with Gasteiger partial charge in [0, 0.05) is 17.3 Å². The van der Waals surface area contributed by atoms with Gasteiger partial charge in [0.2, 0.25) is 5.75 Å². The molecule has 16 heteroatoms. The summed E-state index contributed by atoms with van der Waals surface area (Å²) in [6.45, 7) is 0. The average molecular weight is 629 g/mol. The van der Waals surface area contributed by atoms with Crippen LogP contribution in [0.2, 0.25) is 10.0 Å². The molecule has 0 aliphatic carbocycles. The Labute approximate surface area is 243 Å². The lowest BCUT2D eigenvalue weighted by atomic mass is 10.1. The molecule has 1 heterocycles. The number of urea groups is 1. The topological polar surface area (TPSA) is 114 Å². The first-order valence-corrected chi connectivity index (χ1v) is 12.7. The number of anilines is 1. The number of halogens is 5. The largest absolute Gasteiger partial charge is 0.449 e. The number of amides is 3. The number of benzene rings is 3. The summed E-state index contributed by atoms with van der Waals surface area (Å²) in [5, 5.41) is 15.2. The van der Waals surface area contributed by atoms with E-state index in [1.54, 1.807) is 6.07 Å². The molecule has 0 aromatic heterocycles. The van der Waals surface area contributed by atoms with Crippen molar-refractivity contribution in [3.8, 4) is 11.5 Å². The maximum Gasteiger partial charge on any atom is 0.416 e. The fraction of sp³-hybridized carbons (Fsp3) is 0.0417. The quantitative estimate of drug-likeness (QED) is 0.125. The van der Waals surface area contributed by atoms with Crippen molar-refractivity contribution in [2.45, 2.75) is 6.18 Å². The van der Waals surface area contributed by atoms with E-state index in [2.05, 4.69) is 10.7 Å². The number of nitro groups is 1. The molecule has 1 fully saturated rings. The molecule has 0 saturated carbocycles. The van der Waals surface area contributed by atoms with Gasteiger partial charge in [0.05, 0.1) is 25.4 Å². The fourth-order valence-electron chi connectivity index (χ4n) is 3.27. The van der Waals surface area contributed by atoms with Crippen LogP contribution in [0.1, 0.15) is 11.1 Å². The van der Waals surface area contributed by atoms with Crippen molar-refractivity contribution in [1.29, 1.82) is 0 Å². The Kier molecular flexibility index (Phi) is 8.54. The van der Waals surface area contributed by atoms with Crippen LogP contribution in [0.3, 0.4) is 0 Å². The Hall–Kier alpha value is -3.85. The number of thioether (sulfide) groups is 1. The van der Waals surface area contributed by atoms with Crippen molar-refractivity contribution in [2.75, 3.05) is 5.32 Å². The van der Waals surface area contributed by atoms with E-state index in [0.717, 1.165) is 22.8 Å². The van der Waals surface area contributed by atoms with Gasteiger partial charge in [-0.25, -0.2) is 10.2 Å². The number of hydrogen-bond donors (Lipinski definition) is 2. The van der Waals surface area contributed by atoms with Gasteiger partial charge in [-0.1, -0.05) is 53.2 Å². The minimum Gasteiger partial charge on any atom is -0.449 e. The molecule has 9 nitrogen and oxygen atoms in total. The predicted octanol–water partition coefficient (Wildman–Crippen LogP) is 7.65. The minimum absolute atomic E-state index is 0.00249. The van der Waals surface area contributed by atoms with Crippen LogP contribution in [0.4, 0.5) is 29.3 Å². The number of hydrazine groups is 1. The Morgan fingerprint density at radius 1 is 1.07 bits per heavy atom. The van der Waals surface area contributed by atoms with Crippen molar-refractivity contribution in [2.24, 2.45) is 0 Å². The molecule has 1 aliphatic rings. The Morgan fingerprint density at radius 3 is 2.48 bits per heavy atom. The summed E-state index contributed by atoms with van der Waals surface area (Å²) in [5.74, 6) is -1.11. The summed E-state index contributed by atoms with van der Waals surface area (Å²) in [5.41, 5.74) is 0.785. The van der Waals surface area contributed by atoms with Crippen molar-refractivity contribution >= 4 is 80.9 Å².